The van der Waals surface area contributed by atoms with Gasteiger partial charge in [0, 0.05) is 25.7 Å². The van der Waals surface area contributed by atoms with E-state index < -0.39 is 6.04 Å². The lowest BCUT2D eigenvalue weighted by atomic mass is 9.91. The van der Waals surface area contributed by atoms with Crippen LogP contribution in [0.15, 0.2) is 0 Å². The molecule has 3 unspecified atom stereocenters. The third kappa shape index (κ3) is 5.49. The fraction of sp³-hybridized carbons (Fsp3) is 0.933. The van der Waals surface area contributed by atoms with E-state index in [0.29, 0.717) is 0 Å². The summed E-state index contributed by atoms with van der Waals surface area (Å²) in [6.07, 6.45) is 1.31. The highest BCUT2D eigenvalue weighted by atomic mass is 16.2. The molecule has 3 N–H and O–H groups in total. The van der Waals surface area contributed by atoms with Gasteiger partial charge in [-0.15, -0.1) is 0 Å². The number of likely N-dealkylation sites (tertiary alicyclic amines) is 1. The summed E-state index contributed by atoms with van der Waals surface area (Å²) in [5.74, 6) is 1.66. The van der Waals surface area contributed by atoms with Crippen LogP contribution in [0.1, 0.15) is 41.0 Å². The van der Waals surface area contributed by atoms with E-state index in [0.717, 1.165) is 31.5 Å². The average molecular weight is 269 g/mol. The molecule has 1 aliphatic rings. The Balaban J connectivity index is 2.38. The van der Waals surface area contributed by atoms with Crippen molar-refractivity contribution in [1.82, 2.24) is 10.2 Å². The van der Waals surface area contributed by atoms with Crippen molar-refractivity contribution in [1.29, 1.82) is 0 Å². The third-order valence-electron chi connectivity index (χ3n) is 3.89. The molecule has 0 aromatic carbocycles. The van der Waals surface area contributed by atoms with Gasteiger partial charge in [0.1, 0.15) is 0 Å². The van der Waals surface area contributed by atoms with Gasteiger partial charge >= 0.3 is 0 Å². The second kappa shape index (κ2) is 7.25. The number of nitrogens with zero attached hydrogens (tertiary/aromatic N) is 1. The molecule has 19 heavy (non-hydrogen) atoms. The molecule has 0 radical (unpaired) electrons. The molecule has 0 aromatic rings. The first kappa shape index (κ1) is 16.4. The zero-order valence-electron chi connectivity index (χ0n) is 13.1. The van der Waals surface area contributed by atoms with E-state index in [-0.39, 0.29) is 17.9 Å². The molecule has 4 heteroatoms. The van der Waals surface area contributed by atoms with Gasteiger partial charge in [-0.3, -0.25) is 4.79 Å². The maximum atomic E-state index is 11.9. The van der Waals surface area contributed by atoms with Gasteiger partial charge in [-0.25, -0.2) is 0 Å². The van der Waals surface area contributed by atoms with Crippen molar-refractivity contribution in [2.45, 2.75) is 53.1 Å². The van der Waals surface area contributed by atoms with Gasteiger partial charge in [0.15, 0.2) is 0 Å². The van der Waals surface area contributed by atoms with Crippen LogP contribution in [0.25, 0.3) is 0 Å². The molecule has 1 amide bonds. The summed E-state index contributed by atoms with van der Waals surface area (Å²) in [7, 11) is 0. The molecule has 4 atom stereocenters. The molecule has 1 fully saturated rings. The van der Waals surface area contributed by atoms with Crippen molar-refractivity contribution in [2.75, 3.05) is 19.6 Å². The maximum Gasteiger partial charge on any atom is 0.237 e. The Morgan fingerprint density at radius 2 is 1.79 bits per heavy atom. The number of carbonyl (C=O) groups excluding carboxylic acids is 1. The minimum Gasteiger partial charge on any atom is -0.351 e. The summed E-state index contributed by atoms with van der Waals surface area (Å²) in [4.78, 5) is 14.4. The second-order valence-electron chi connectivity index (χ2n) is 6.84. The standard InChI is InChI=1S/C15H31N3O/c1-10(2)14(16)15(19)17-13(5)9-18-7-11(3)6-12(4)8-18/h10-14H,6-9,16H2,1-5H3,(H,17,19)/t11?,12?,13?,14-/m0/s1. The molecule has 1 aliphatic heterocycles. The van der Waals surface area contributed by atoms with Crippen molar-refractivity contribution in [2.24, 2.45) is 23.5 Å². The largest absolute Gasteiger partial charge is 0.351 e. The quantitative estimate of drug-likeness (QED) is 0.794. The van der Waals surface area contributed by atoms with Crippen LogP contribution >= 0.6 is 0 Å². The van der Waals surface area contributed by atoms with Crippen molar-refractivity contribution in [3.8, 4) is 0 Å². The number of amides is 1. The summed E-state index contributed by atoms with van der Waals surface area (Å²) >= 11 is 0. The number of carbonyl (C=O) groups is 1. The number of piperidine rings is 1. The Morgan fingerprint density at radius 1 is 1.26 bits per heavy atom. The smallest absolute Gasteiger partial charge is 0.237 e. The molecule has 0 aliphatic carbocycles. The highest BCUT2D eigenvalue weighted by Crippen LogP contribution is 2.20. The van der Waals surface area contributed by atoms with Crippen LogP contribution in [0, 0.1) is 17.8 Å². The van der Waals surface area contributed by atoms with E-state index in [1.54, 1.807) is 0 Å². The second-order valence-corrected chi connectivity index (χ2v) is 6.84. The lowest BCUT2D eigenvalue weighted by Gasteiger charge is -2.36. The molecule has 112 valence electrons. The first-order valence-electron chi connectivity index (χ1n) is 7.57. The molecular formula is C15H31N3O. The lowest BCUT2D eigenvalue weighted by Crippen LogP contribution is -2.51. The predicted octanol–water partition coefficient (Wildman–Crippen LogP) is 1.45. The first-order valence-corrected chi connectivity index (χ1v) is 7.57. The van der Waals surface area contributed by atoms with Gasteiger partial charge < -0.3 is 16.0 Å². The molecule has 0 aromatic heterocycles. The van der Waals surface area contributed by atoms with Crippen LogP contribution in [0.3, 0.4) is 0 Å². The Labute approximate surface area is 118 Å². The topological polar surface area (TPSA) is 58.4 Å². The zero-order valence-corrected chi connectivity index (χ0v) is 13.1. The van der Waals surface area contributed by atoms with Gasteiger partial charge in [-0.1, -0.05) is 27.7 Å². The normalized spacial score (nSPS) is 28.2. The van der Waals surface area contributed by atoms with Crippen molar-refractivity contribution in [3.63, 3.8) is 0 Å². The van der Waals surface area contributed by atoms with Crippen LogP contribution in [0.2, 0.25) is 0 Å². The summed E-state index contributed by atoms with van der Waals surface area (Å²) in [6, 6.07) is -0.239. The summed E-state index contributed by atoms with van der Waals surface area (Å²) in [5, 5.41) is 3.03. The summed E-state index contributed by atoms with van der Waals surface area (Å²) < 4.78 is 0. The van der Waals surface area contributed by atoms with Crippen LogP contribution in [0.4, 0.5) is 0 Å². The molecule has 0 bridgehead atoms. The minimum absolute atomic E-state index is 0.0272. The number of rotatable bonds is 5. The van der Waals surface area contributed by atoms with Gasteiger partial charge in [-0.05, 0) is 31.1 Å². The fourth-order valence-electron chi connectivity index (χ4n) is 3.02. The highest BCUT2D eigenvalue weighted by molar-refractivity contribution is 5.81. The predicted molar refractivity (Wildman–Crippen MR) is 79.8 cm³/mol. The number of nitrogens with one attached hydrogen (secondary N) is 1. The molecule has 1 rings (SSSR count). The number of hydrogen-bond acceptors (Lipinski definition) is 3. The Kier molecular flexibility index (Phi) is 6.27. The maximum absolute atomic E-state index is 11.9. The van der Waals surface area contributed by atoms with E-state index in [1.807, 2.05) is 13.8 Å². The van der Waals surface area contributed by atoms with E-state index in [4.69, 9.17) is 5.73 Å². The van der Waals surface area contributed by atoms with E-state index in [9.17, 15) is 4.79 Å². The van der Waals surface area contributed by atoms with Gasteiger partial charge in [0.2, 0.25) is 5.91 Å². The average Bonchev–Trinajstić information content (AvgIpc) is 2.25. The molecular weight excluding hydrogens is 238 g/mol. The fourth-order valence-corrected chi connectivity index (χ4v) is 3.02. The van der Waals surface area contributed by atoms with Crippen LogP contribution in [-0.4, -0.2) is 42.5 Å². The van der Waals surface area contributed by atoms with Crippen LogP contribution < -0.4 is 11.1 Å². The van der Waals surface area contributed by atoms with Crippen molar-refractivity contribution in [3.05, 3.63) is 0 Å². The first-order chi connectivity index (χ1) is 8.79. The van der Waals surface area contributed by atoms with Crippen LogP contribution in [0.5, 0.6) is 0 Å². The molecule has 0 spiro atoms. The van der Waals surface area contributed by atoms with E-state index in [2.05, 4.69) is 31.0 Å². The van der Waals surface area contributed by atoms with E-state index >= 15 is 0 Å². The summed E-state index contributed by atoms with van der Waals surface area (Å²) in [5.41, 5.74) is 5.86. The lowest BCUT2D eigenvalue weighted by molar-refractivity contribution is -0.124. The Morgan fingerprint density at radius 3 is 2.26 bits per heavy atom. The van der Waals surface area contributed by atoms with Crippen LogP contribution in [-0.2, 0) is 4.79 Å². The van der Waals surface area contributed by atoms with Crippen molar-refractivity contribution >= 4 is 5.91 Å². The zero-order chi connectivity index (χ0) is 14.6. The number of nitrogens with two attached hydrogens (primary N) is 1. The Hall–Kier alpha value is -0.610. The Bertz CT molecular complexity index is 283. The van der Waals surface area contributed by atoms with Gasteiger partial charge in [-0.2, -0.15) is 0 Å². The monoisotopic (exact) mass is 269 g/mol. The molecule has 1 heterocycles. The molecule has 0 saturated carbocycles. The third-order valence-corrected chi connectivity index (χ3v) is 3.89. The summed E-state index contributed by atoms with van der Waals surface area (Å²) in [6.45, 7) is 13.8. The van der Waals surface area contributed by atoms with E-state index in [1.165, 1.54) is 6.42 Å². The molecule has 1 saturated heterocycles. The minimum atomic E-state index is -0.401. The highest BCUT2D eigenvalue weighted by Gasteiger charge is 2.24. The van der Waals surface area contributed by atoms with Gasteiger partial charge in [0.25, 0.3) is 0 Å². The van der Waals surface area contributed by atoms with Gasteiger partial charge in [0.05, 0.1) is 6.04 Å². The number of hydrogen-bond donors (Lipinski definition) is 2. The molecule has 4 nitrogen and oxygen atoms in total. The SMILES string of the molecule is CC1CC(C)CN(CC(C)NC(=O)[C@@H](N)C(C)C)C1. The van der Waals surface area contributed by atoms with Crippen molar-refractivity contribution < 1.29 is 4.79 Å².